The molecule has 0 unspecified atom stereocenters. The second-order valence-electron chi connectivity index (χ2n) is 5.68. The fourth-order valence-electron chi connectivity index (χ4n) is 2.38. The van der Waals surface area contributed by atoms with Crippen LogP contribution in [0.25, 0.3) is 6.08 Å². The summed E-state index contributed by atoms with van der Waals surface area (Å²) in [5.74, 6) is 0.136. The Morgan fingerprint density at radius 2 is 1.66 bits per heavy atom. The standard InChI is InChI=1S/C21H23N3O5/c1-27-17-12-16(13-18(28-2)20(17)29-3)21(26)22-14-19(25)24-23-11-7-10-15-8-5-4-6-9-15/h4-13H,14H2,1-3H3,(H,22,26)(H,24,25)/b10-7+,23-11+. The van der Waals surface area contributed by atoms with Gasteiger partial charge in [-0.3, -0.25) is 9.59 Å². The maximum absolute atomic E-state index is 12.3. The van der Waals surface area contributed by atoms with Crippen LogP contribution in [0.2, 0.25) is 0 Å². The molecule has 0 fully saturated rings. The number of carbonyl (C=O) groups excluding carboxylic acids is 2. The lowest BCUT2D eigenvalue weighted by Gasteiger charge is -2.13. The maximum atomic E-state index is 12.3. The Hall–Kier alpha value is -3.81. The van der Waals surface area contributed by atoms with Crippen molar-refractivity contribution < 1.29 is 23.8 Å². The van der Waals surface area contributed by atoms with Crippen LogP contribution in [-0.4, -0.2) is 45.9 Å². The van der Waals surface area contributed by atoms with Gasteiger partial charge in [0.25, 0.3) is 11.8 Å². The van der Waals surface area contributed by atoms with Crippen molar-refractivity contribution in [3.05, 3.63) is 59.7 Å². The van der Waals surface area contributed by atoms with Gasteiger partial charge in [-0.15, -0.1) is 0 Å². The van der Waals surface area contributed by atoms with Gasteiger partial charge in [0.2, 0.25) is 5.75 Å². The maximum Gasteiger partial charge on any atom is 0.259 e. The van der Waals surface area contributed by atoms with E-state index in [1.54, 1.807) is 6.08 Å². The third-order valence-electron chi connectivity index (χ3n) is 3.77. The quantitative estimate of drug-likeness (QED) is 0.500. The zero-order chi connectivity index (χ0) is 21.1. The Morgan fingerprint density at radius 3 is 2.24 bits per heavy atom. The number of amides is 2. The lowest BCUT2D eigenvalue weighted by molar-refractivity contribution is -0.120. The molecule has 0 saturated carbocycles. The van der Waals surface area contributed by atoms with Crippen LogP contribution in [-0.2, 0) is 4.79 Å². The molecule has 2 rings (SSSR count). The number of hydrogen-bond acceptors (Lipinski definition) is 6. The molecular weight excluding hydrogens is 374 g/mol. The highest BCUT2D eigenvalue weighted by Crippen LogP contribution is 2.38. The van der Waals surface area contributed by atoms with Gasteiger partial charge in [-0.1, -0.05) is 36.4 Å². The molecule has 0 atom stereocenters. The zero-order valence-corrected chi connectivity index (χ0v) is 16.5. The van der Waals surface area contributed by atoms with Crippen molar-refractivity contribution in [2.24, 2.45) is 5.10 Å². The first kappa shape index (κ1) is 21.5. The van der Waals surface area contributed by atoms with Crippen molar-refractivity contribution in [3.63, 3.8) is 0 Å². The van der Waals surface area contributed by atoms with Gasteiger partial charge in [0, 0.05) is 11.8 Å². The minimum absolute atomic E-state index is 0.241. The van der Waals surface area contributed by atoms with Crippen molar-refractivity contribution in [2.75, 3.05) is 27.9 Å². The molecule has 0 spiro atoms. The number of carbonyl (C=O) groups is 2. The monoisotopic (exact) mass is 397 g/mol. The summed E-state index contributed by atoms with van der Waals surface area (Å²) in [4.78, 5) is 24.2. The normalized spacial score (nSPS) is 10.7. The van der Waals surface area contributed by atoms with Crippen molar-refractivity contribution >= 4 is 24.1 Å². The van der Waals surface area contributed by atoms with Crippen molar-refractivity contribution in [1.82, 2.24) is 10.7 Å². The third-order valence-corrected chi connectivity index (χ3v) is 3.77. The predicted molar refractivity (Wildman–Crippen MR) is 111 cm³/mol. The topological polar surface area (TPSA) is 98.2 Å². The summed E-state index contributed by atoms with van der Waals surface area (Å²) in [6, 6.07) is 12.7. The van der Waals surface area contributed by atoms with Gasteiger partial charge in [0.15, 0.2) is 11.5 Å². The predicted octanol–water partition coefficient (Wildman–Crippen LogP) is 2.26. The molecule has 0 heterocycles. The fourth-order valence-corrected chi connectivity index (χ4v) is 2.38. The van der Waals surface area contributed by atoms with E-state index in [9.17, 15) is 9.59 Å². The Labute approximate surface area is 169 Å². The van der Waals surface area contributed by atoms with Crippen LogP contribution in [0.3, 0.4) is 0 Å². The molecule has 0 aliphatic carbocycles. The number of nitrogens with one attached hydrogen (secondary N) is 2. The first-order valence-electron chi connectivity index (χ1n) is 8.71. The smallest absolute Gasteiger partial charge is 0.259 e. The summed E-state index contributed by atoms with van der Waals surface area (Å²) in [6.07, 6.45) is 5.00. The van der Waals surface area contributed by atoms with Crippen molar-refractivity contribution in [1.29, 1.82) is 0 Å². The van der Waals surface area contributed by atoms with Gasteiger partial charge in [0.1, 0.15) is 0 Å². The second kappa shape index (κ2) is 11.1. The number of methoxy groups -OCH3 is 3. The summed E-state index contributed by atoms with van der Waals surface area (Å²) in [7, 11) is 4.38. The molecule has 0 aliphatic rings. The average molecular weight is 397 g/mol. The van der Waals surface area contributed by atoms with Gasteiger partial charge in [-0.2, -0.15) is 5.10 Å². The summed E-state index contributed by atoms with van der Waals surface area (Å²) in [6.45, 7) is -0.241. The summed E-state index contributed by atoms with van der Waals surface area (Å²) >= 11 is 0. The van der Waals surface area contributed by atoms with Crippen LogP contribution in [0.15, 0.2) is 53.6 Å². The molecule has 2 aromatic carbocycles. The van der Waals surface area contributed by atoms with Crippen LogP contribution in [0.1, 0.15) is 15.9 Å². The minimum Gasteiger partial charge on any atom is -0.493 e. The molecule has 8 heteroatoms. The van der Waals surface area contributed by atoms with Gasteiger partial charge >= 0.3 is 0 Å². The summed E-state index contributed by atoms with van der Waals surface area (Å²) in [5.41, 5.74) is 3.62. The lowest BCUT2D eigenvalue weighted by atomic mass is 10.1. The van der Waals surface area contributed by atoms with E-state index < -0.39 is 11.8 Å². The van der Waals surface area contributed by atoms with Crippen LogP contribution < -0.4 is 25.0 Å². The average Bonchev–Trinajstić information content (AvgIpc) is 2.76. The van der Waals surface area contributed by atoms with Gasteiger partial charge in [-0.05, 0) is 23.8 Å². The van der Waals surface area contributed by atoms with Crippen LogP contribution in [0.4, 0.5) is 0 Å². The number of ether oxygens (including phenoxy) is 3. The second-order valence-corrected chi connectivity index (χ2v) is 5.68. The van der Waals surface area contributed by atoms with Crippen molar-refractivity contribution in [3.8, 4) is 17.2 Å². The summed E-state index contributed by atoms with van der Waals surface area (Å²) < 4.78 is 15.6. The molecule has 2 aromatic rings. The van der Waals surface area contributed by atoms with E-state index in [-0.39, 0.29) is 12.1 Å². The van der Waals surface area contributed by atoms with E-state index in [1.165, 1.54) is 39.7 Å². The molecule has 152 valence electrons. The molecule has 2 amide bonds. The third kappa shape index (κ3) is 6.39. The first-order chi connectivity index (χ1) is 14.1. The number of allylic oxidation sites excluding steroid dienone is 1. The molecular formula is C21H23N3O5. The van der Waals surface area contributed by atoms with Gasteiger partial charge in [-0.25, -0.2) is 5.43 Å². The number of nitrogens with zero attached hydrogens (tertiary/aromatic N) is 1. The largest absolute Gasteiger partial charge is 0.493 e. The Kier molecular flexibility index (Phi) is 8.25. The van der Waals surface area contributed by atoms with Crippen LogP contribution >= 0.6 is 0 Å². The molecule has 0 radical (unpaired) electrons. The van der Waals surface area contributed by atoms with E-state index in [2.05, 4.69) is 15.8 Å². The van der Waals surface area contributed by atoms with Crippen LogP contribution in [0.5, 0.6) is 17.2 Å². The highest BCUT2D eigenvalue weighted by Gasteiger charge is 2.17. The Morgan fingerprint density at radius 1 is 1.00 bits per heavy atom. The Balaban J connectivity index is 1.87. The van der Waals surface area contributed by atoms with E-state index in [0.29, 0.717) is 17.2 Å². The Bertz CT molecular complexity index is 869. The van der Waals surface area contributed by atoms with Gasteiger partial charge in [0.05, 0.1) is 27.9 Å². The lowest BCUT2D eigenvalue weighted by Crippen LogP contribution is -2.34. The van der Waals surface area contributed by atoms with E-state index in [0.717, 1.165) is 5.56 Å². The SMILES string of the molecule is COc1cc(C(=O)NCC(=O)N/N=C/C=C/c2ccccc2)cc(OC)c1OC. The fraction of sp³-hybridized carbons (Fsp3) is 0.190. The van der Waals surface area contributed by atoms with E-state index in [4.69, 9.17) is 14.2 Å². The summed E-state index contributed by atoms with van der Waals surface area (Å²) in [5, 5.41) is 6.31. The first-order valence-corrected chi connectivity index (χ1v) is 8.71. The molecule has 0 aromatic heterocycles. The number of hydrogen-bond donors (Lipinski definition) is 2. The minimum atomic E-state index is -0.465. The van der Waals surface area contributed by atoms with E-state index in [1.807, 2.05) is 36.4 Å². The van der Waals surface area contributed by atoms with Gasteiger partial charge < -0.3 is 19.5 Å². The molecule has 0 saturated heterocycles. The molecule has 0 aliphatic heterocycles. The highest BCUT2D eigenvalue weighted by molar-refractivity contribution is 5.97. The molecule has 0 bridgehead atoms. The van der Waals surface area contributed by atoms with Crippen LogP contribution in [0, 0.1) is 0 Å². The zero-order valence-electron chi connectivity index (χ0n) is 16.5. The molecule has 2 N–H and O–H groups in total. The molecule has 8 nitrogen and oxygen atoms in total. The highest BCUT2D eigenvalue weighted by atomic mass is 16.5. The number of rotatable bonds is 9. The van der Waals surface area contributed by atoms with E-state index >= 15 is 0 Å². The number of hydrazone groups is 1. The number of benzene rings is 2. The molecule has 29 heavy (non-hydrogen) atoms. The van der Waals surface area contributed by atoms with Crippen molar-refractivity contribution in [2.45, 2.75) is 0 Å².